The molecule has 2 rings (SSSR count). The average molecular weight is 260 g/mol. The Kier molecular flexibility index (Phi) is 3.77. The van der Waals surface area contributed by atoms with Crippen LogP contribution in [0.3, 0.4) is 0 Å². The van der Waals surface area contributed by atoms with Crippen molar-refractivity contribution in [3.63, 3.8) is 0 Å². The van der Waals surface area contributed by atoms with Crippen LogP contribution in [0.4, 0.5) is 0 Å². The number of nitrogens with zero attached hydrogens (tertiary/aromatic N) is 1. The first-order valence-electron chi connectivity index (χ1n) is 5.78. The Labute approximate surface area is 111 Å². The van der Waals surface area contributed by atoms with E-state index in [9.17, 15) is 10.2 Å². The van der Waals surface area contributed by atoms with Gasteiger partial charge in [0, 0.05) is 13.2 Å². The molecule has 0 atom stereocenters. The van der Waals surface area contributed by atoms with E-state index < -0.39 is 0 Å². The van der Waals surface area contributed by atoms with Crippen LogP contribution in [0.15, 0.2) is 43.1 Å². The lowest BCUT2D eigenvalue weighted by molar-refractivity contribution is 0.0645. The van der Waals surface area contributed by atoms with E-state index in [0.29, 0.717) is 12.3 Å². The van der Waals surface area contributed by atoms with Gasteiger partial charge in [0.25, 0.3) is 0 Å². The molecule has 0 unspecified atom stereocenters. The molecule has 0 saturated carbocycles. The Morgan fingerprint density at radius 2 is 2.00 bits per heavy atom. The van der Waals surface area contributed by atoms with Gasteiger partial charge in [-0.1, -0.05) is 36.9 Å². The molecule has 1 aromatic heterocycles. The molecule has 2 aromatic rings. The maximum atomic E-state index is 9.75. The van der Waals surface area contributed by atoms with Crippen LogP contribution in [0.1, 0.15) is 11.1 Å². The molecule has 0 aliphatic heterocycles. The lowest BCUT2D eigenvalue weighted by atomic mass is 10.2. The van der Waals surface area contributed by atoms with Crippen molar-refractivity contribution in [1.82, 2.24) is 10.0 Å². The second-order valence-electron chi connectivity index (χ2n) is 4.18. The topological polar surface area (TPSA) is 66.6 Å². The van der Waals surface area contributed by atoms with E-state index in [1.807, 2.05) is 30.3 Å². The second-order valence-corrected chi connectivity index (χ2v) is 4.18. The Hall–Kier alpha value is -2.40. The number of nitrogens with one attached hydrogen (secondary N) is 1. The van der Waals surface area contributed by atoms with E-state index in [1.165, 1.54) is 10.8 Å². The highest BCUT2D eigenvalue weighted by Gasteiger charge is 2.15. The van der Waals surface area contributed by atoms with Crippen molar-refractivity contribution in [3.8, 4) is 11.6 Å². The Balaban J connectivity index is 1.95. The number of benzene rings is 1. The van der Waals surface area contributed by atoms with Crippen molar-refractivity contribution < 1.29 is 15.1 Å². The molecule has 0 aliphatic carbocycles. The molecule has 0 radical (unpaired) electrons. The van der Waals surface area contributed by atoms with Crippen molar-refractivity contribution in [1.29, 1.82) is 0 Å². The quantitative estimate of drug-likeness (QED) is 0.720. The summed E-state index contributed by atoms with van der Waals surface area (Å²) in [4.78, 5) is 5.27. The lowest BCUT2D eigenvalue weighted by Crippen LogP contribution is -2.12. The summed E-state index contributed by atoms with van der Waals surface area (Å²) in [5.74, 6) is -0.126. The van der Waals surface area contributed by atoms with Gasteiger partial charge < -0.3 is 14.8 Å². The van der Waals surface area contributed by atoms with Gasteiger partial charge in [0.2, 0.25) is 5.88 Å². The maximum Gasteiger partial charge on any atom is 0.204 e. The second kappa shape index (κ2) is 5.49. The minimum Gasteiger partial charge on any atom is -0.505 e. The number of aromatic nitrogens is 1. The molecule has 1 aromatic carbocycles. The predicted molar refractivity (Wildman–Crippen MR) is 72.1 cm³/mol. The SMILES string of the molecule is C=C(NOCc1ccccc1)c1c(O)cn(C)c1O. The third kappa shape index (κ3) is 2.89. The number of aryl methyl sites for hydroxylation is 1. The normalized spacial score (nSPS) is 10.4. The summed E-state index contributed by atoms with van der Waals surface area (Å²) in [5.41, 5.74) is 4.15. The molecule has 0 amide bonds. The highest BCUT2D eigenvalue weighted by Crippen LogP contribution is 2.32. The Bertz CT molecular complexity index is 576. The number of hydroxylamine groups is 1. The minimum absolute atomic E-state index is 0.0548. The molecule has 0 fully saturated rings. The van der Waals surface area contributed by atoms with Gasteiger partial charge in [0.05, 0.1) is 12.3 Å². The van der Waals surface area contributed by atoms with Gasteiger partial charge in [0.1, 0.15) is 11.3 Å². The molecular formula is C14H16N2O3. The summed E-state index contributed by atoms with van der Waals surface area (Å²) < 4.78 is 1.40. The van der Waals surface area contributed by atoms with E-state index in [1.54, 1.807) is 7.05 Å². The highest BCUT2D eigenvalue weighted by atomic mass is 16.6. The molecule has 5 nitrogen and oxygen atoms in total. The van der Waals surface area contributed by atoms with Crippen molar-refractivity contribution >= 4 is 5.70 Å². The first kappa shape index (κ1) is 13.0. The van der Waals surface area contributed by atoms with Crippen LogP contribution < -0.4 is 5.48 Å². The molecule has 1 heterocycles. The molecule has 0 aliphatic rings. The lowest BCUT2D eigenvalue weighted by Gasteiger charge is -2.09. The maximum absolute atomic E-state index is 9.75. The zero-order chi connectivity index (χ0) is 13.8. The van der Waals surface area contributed by atoms with Crippen molar-refractivity contribution in [3.05, 3.63) is 54.2 Å². The van der Waals surface area contributed by atoms with Crippen LogP contribution in [0.25, 0.3) is 5.70 Å². The Morgan fingerprint density at radius 1 is 1.32 bits per heavy atom. The molecule has 3 N–H and O–H groups in total. The van der Waals surface area contributed by atoms with Crippen molar-refractivity contribution in [2.45, 2.75) is 6.61 Å². The van der Waals surface area contributed by atoms with Gasteiger partial charge in [-0.2, -0.15) is 0 Å². The zero-order valence-electron chi connectivity index (χ0n) is 10.6. The van der Waals surface area contributed by atoms with Crippen LogP contribution >= 0.6 is 0 Å². The van der Waals surface area contributed by atoms with Crippen LogP contribution in [-0.2, 0) is 18.5 Å². The van der Waals surface area contributed by atoms with Gasteiger partial charge in [-0.15, -0.1) is 0 Å². The van der Waals surface area contributed by atoms with E-state index in [4.69, 9.17) is 4.84 Å². The standard InChI is InChI=1S/C14H16N2O3/c1-10(13-12(17)8-16(2)14(13)18)15-19-9-11-6-4-3-5-7-11/h3-8,15,17-18H,1,9H2,2H3. The molecule has 0 spiro atoms. The summed E-state index contributed by atoms with van der Waals surface area (Å²) in [6.45, 7) is 4.08. The predicted octanol–water partition coefficient (Wildman–Crippen LogP) is 2.13. The molecule has 19 heavy (non-hydrogen) atoms. The van der Waals surface area contributed by atoms with Crippen molar-refractivity contribution in [2.24, 2.45) is 7.05 Å². The number of hydrogen-bond donors (Lipinski definition) is 3. The largest absolute Gasteiger partial charge is 0.505 e. The molecule has 0 bridgehead atoms. The fourth-order valence-electron chi connectivity index (χ4n) is 1.72. The van der Waals surface area contributed by atoms with Gasteiger partial charge in [0.15, 0.2) is 0 Å². The summed E-state index contributed by atoms with van der Waals surface area (Å²) in [7, 11) is 1.62. The van der Waals surface area contributed by atoms with Crippen LogP contribution in [0, 0.1) is 0 Å². The molecule has 5 heteroatoms. The fourth-order valence-corrected chi connectivity index (χ4v) is 1.72. The van der Waals surface area contributed by atoms with E-state index in [-0.39, 0.29) is 17.2 Å². The third-order valence-corrected chi connectivity index (χ3v) is 2.71. The average Bonchev–Trinajstić information content (AvgIpc) is 2.64. The zero-order valence-corrected chi connectivity index (χ0v) is 10.6. The monoisotopic (exact) mass is 260 g/mol. The van der Waals surface area contributed by atoms with Crippen molar-refractivity contribution in [2.75, 3.05) is 0 Å². The summed E-state index contributed by atoms with van der Waals surface area (Å²) >= 11 is 0. The number of aromatic hydroxyl groups is 2. The Morgan fingerprint density at radius 3 is 2.58 bits per heavy atom. The van der Waals surface area contributed by atoms with Crippen LogP contribution in [0.5, 0.6) is 11.6 Å². The minimum atomic E-state index is -0.0710. The van der Waals surface area contributed by atoms with E-state index >= 15 is 0 Å². The number of rotatable bonds is 5. The van der Waals surface area contributed by atoms with Crippen LogP contribution in [0.2, 0.25) is 0 Å². The first-order valence-corrected chi connectivity index (χ1v) is 5.78. The first-order chi connectivity index (χ1) is 9.09. The molecular weight excluding hydrogens is 244 g/mol. The summed E-state index contributed by atoms with van der Waals surface area (Å²) in [5, 5.41) is 19.4. The number of hydrogen-bond acceptors (Lipinski definition) is 4. The van der Waals surface area contributed by atoms with Gasteiger partial charge in [-0.25, -0.2) is 0 Å². The van der Waals surface area contributed by atoms with Crippen LogP contribution in [-0.4, -0.2) is 14.8 Å². The molecule has 100 valence electrons. The van der Waals surface area contributed by atoms with Gasteiger partial charge >= 0.3 is 0 Å². The molecule has 0 saturated heterocycles. The summed E-state index contributed by atoms with van der Waals surface area (Å²) in [6.07, 6.45) is 1.40. The summed E-state index contributed by atoms with van der Waals surface area (Å²) in [6, 6.07) is 9.63. The highest BCUT2D eigenvalue weighted by molar-refractivity contribution is 5.70. The smallest absolute Gasteiger partial charge is 0.204 e. The van der Waals surface area contributed by atoms with E-state index in [0.717, 1.165) is 5.56 Å². The fraction of sp³-hybridized carbons (Fsp3) is 0.143. The van der Waals surface area contributed by atoms with E-state index in [2.05, 4.69) is 12.1 Å². The van der Waals surface area contributed by atoms with Gasteiger partial charge in [-0.3, -0.25) is 10.3 Å². The van der Waals surface area contributed by atoms with Gasteiger partial charge in [-0.05, 0) is 5.56 Å². The third-order valence-electron chi connectivity index (χ3n) is 2.71.